The maximum atomic E-state index is 12.8. The molecule has 1 saturated carbocycles. The summed E-state index contributed by atoms with van der Waals surface area (Å²) in [5.41, 5.74) is 2.31. The standard InChI is InChI=1S/C25H29N5OS/c1-2-17-30-23(20-11-15-26-16-12-20)28-29-24(30)32-18-22(31)27-19-25(13-7-4-8-14-25)21-9-5-3-6-10-21/h2-3,5-6,9-12,15-16H,1,4,7-8,13-14,17-19H2,(H,27,31). The molecule has 2 aromatic heterocycles. The molecule has 1 aliphatic carbocycles. The monoisotopic (exact) mass is 447 g/mol. The van der Waals surface area contributed by atoms with E-state index in [1.54, 1.807) is 12.4 Å². The van der Waals surface area contributed by atoms with Crippen LogP contribution in [0, 0.1) is 0 Å². The topological polar surface area (TPSA) is 72.7 Å². The third kappa shape index (κ3) is 5.10. The van der Waals surface area contributed by atoms with Gasteiger partial charge in [0.15, 0.2) is 11.0 Å². The first-order valence-electron chi connectivity index (χ1n) is 11.1. The van der Waals surface area contributed by atoms with Crippen molar-refractivity contribution in [3.05, 3.63) is 73.1 Å². The summed E-state index contributed by atoms with van der Waals surface area (Å²) in [7, 11) is 0. The van der Waals surface area contributed by atoms with Crippen LogP contribution in [0.25, 0.3) is 11.4 Å². The average Bonchev–Trinajstić information content (AvgIpc) is 3.26. The molecular formula is C25H29N5OS. The number of rotatable bonds is 9. The minimum absolute atomic E-state index is 0.0227. The van der Waals surface area contributed by atoms with E-state index in [-0.39, 0.29) is 11.3 Å². The third-order valence-corrected chi connectivity index (χ3v) is 7.09. The summed E-state index contributed by atoms with van der Waals surface area (Å²) < 4.78 is 1.98. The SMILES string of the molecule is C=CCn1c(SCC(=O)NCC2(c3ccccc3)CCCCC2)nnc1-c1ccncc1. The molecule has 0 bridgehead atoms. The maximum absolute atomic E-state index is 12.8. The smallest absolute Gasteiger partial charge is 0.230 e. The quantitative estimate of drug-likeness (QED) is 0.382. The lowest BCUT2D eigenvalue weighted by Gasteiger charge is -2.38. The fraction of sp³-hybridized carbons (Fsp3) is 0.360. The van der Waals surface area contributed by atoms with Gasteiger partial charge in [-0.25, -0.2) is 0 Å². The van der Waals surface area contributed by atoms with Crippen molar-refractivity contribution < 1.29 is 4.79 Å². The first-order valence-corrected chi connectivity index (χ1v) is 12.1. The largest absolute Gasteiger partial charge is 0.354 e. The Bertz CT molecular complexity index is 1030. The Kier molecular flexibility index (Phi) is 7.37. The van der Waals surface area contributed by atoms with Crippen LogP contribution in [0.15, 0.2) is 72.7 Å². The van der Waals surface area contributed by atoms with Crippen molar-refractivity contribution in [3.63, 3.8) is 0 Å². The molecule has 1 aromatic carbocycles. The van der Waals surface area contributed by atoms with Crippen molar-refractivity contribution in [2.75, 3.05) is 12.3 Å². The van der Waals surface area contributed by atoms with E-state index in [0.29, 0.717) is 24.0 Å². The van der Waals surface area contributed by atoms with E-state index in [1.165, 1.54) is 36.6 Å². The van der Waals surface area contributed by atoms with E-state index in [1.807, 2.05) is 22.8 Å². The third-order valence-electron chi connectivity index (χ3n) is 6.12. The molecule has 0 radical (unpaired) electrons. The average molecular weight is 448 g/mol. The van der Waals surface area contributed by atoms with Crippen LogP contribution in [-0.2, 0) is 16.8 Å². The molecule has 166 valence electrons. The summed E-state index contributed by atoms with van der Waals surface area (Å²) >= 11 is 1.41. The minimum atomic E-state index is 0.0227. The Morgan fingerprint density at radius 3 is 2.56 bits per heavy atom. The number of thioether (sulfide) groups is 1. The Hall–Kier alpha value is -2.93. The molecule has 2 heterocycles. The summed E-state index contributed by atoms with van der Waals surface area (Å²) in [4.78, 5) is 16.8. The highest BCUT2D eigenvalue weighted by Gasteiger charge is 2.34. The van der Waals surface area contributed by atoms with E-state index in [4.69, 9.17) is 0 Å². The first kappa shape index (κ1) is 22.3. The second-order valence-electron chi connectivity index (χ2n) is 8.21. The van der Waals surface area contributed by atoms with Crippen LogP contribution in [0.1, 0.15) is 37.7 Å². The lowest BCUT2D eigenvalue weighted by atomic mass is 9.69. The van der Waals surface area contributed by atoms with E-state index >= 15 is 0 Å². The van der Waals surface area contributed by atoms with Gasteiger partial charge in [-0.2, -0.15) is 0 Å². The molecule has 0 saturated heterocycles. The van der Waals surface area contributed by atoms with Crippen molar-refractivity contribution in [2.24, 2.45) is 0 Å². The molecule has 32 heavy (non-hydrogen) atoms. The number of carbonyl (C=O) groups is 1. The number of allylic oxidation sites excluding steroid dienone is 1. The van der Waals surface area contributed by atoms with Gasteiger partial charge < -0.3 is 5.32 Å². The van der Waals surface area contributed by atoms with Crippen LogP contribution in [0.5, 0.6) is 0 Å². The van der Waals surface area contributed by atoms with Gasteiger partial charge in [0.05, 0.1) is 5.75 Å². The molecule has 7 heteroatoms. The lowest BCUT2D eigenvalue weighted by Crippen LogP contribution is -2.42. The molecule has 0 spiro atoms. The fourth-order valence-electron chi connectivity index (χ4n) is 4.44. The van der Waals surface area contributed by atoms with Gasteiger partial charge in [0.25, 0.3) is 0 Å². The summed E-state index contributed by atoms with van der Waals surface area (Å²) in [6.07, 6.45) is 11.2. The number of hydrogen-bond acceptors (Lipinski definition) is 5. The van der Waals surface area contributed by atoms with Crippen LogP contribution in [0.3, 0.4) is 0 Å². The van der Waals surface area contributed by atoms with Crippen molar-refractivity contribution in [1.82, 2.24) is 25.1 Å². The minimum Gasteiger partial charge on any atom is -0.354 e. The van der Waals surface area contributed by atoms with Crippen LogP contribution in [0.2, 0.25) is 0 Å². The van der Waals surface area contributed by atoms with Gasteiger partial charge in [0.2, 0.25) is 5.91 Å². The zero-order valence-electron chi connectivity index (χ0n) is 18.2. The van der Waals surface area contributed by atoms with Crippen molar-refractivity contribution in [2.45, 2.75) is 49.2 Å². The van der Waals surface area contributed by atoms with Crippen LogP contribution in [-0.4, -0.2) is 38.0 Å². The zero-order chi connectivity index (χ0) is 22.2. The fourth-order valence-corrected chi connectivity index (χ4v) is 5.22. The van der Waals surface area contributed by atoms with Gasteiger partial charge in [-0.15, -0.1) is 16.8 Å². The van der Waals surface area contributed by atoms with Gasteiger partial charge in [0, 0.05) is 36.5 Å². The molecule has 1 N–H and O–H groups in total. The number of nitrogens with one attached hydrogen (secondary N) is 1. The normalized spacial score (nSPS) is 15.2. The molecule has 0 aliphatic heterocycles. The van der Waals surface area contributed by atoms with E-state index in [2.05, 4.69) is 57.4 Å². The number of amides is 1. The Labute approximate surface area is 193 Å². The molecule has 0 atom stereocenters. The first-order chi connectivity index (χ1) is 15.7. The predicted octanol–water partition coefficient (Wildman–Crippen LogP) is 4.64. The molecule has 1 fully saturated rings. The van der Waals surface area contributed by atoms with E-state index < -0.39 is 0 Å². The summed E-state index contributed by atoms with van der Waals surface area (Å²) in [5.74, 6) is 1.08. The highest BCUT2D eigenvalue weighted by molar-refractivity contribution is 7.99. The van der Waals surface area contributed by atoms with Crippen LogP contribution >= 0.6 is 11.8 Å². The van der Waals surface area contributed by atoms with E-state index in [0.717, 1.165) is 24.2 Å². The maximum Gasteiger partial charge on any atom is 0.230 e. The highest BCUT2D eigenvalue weighted by Crippen LogP contribution is 2.39. The summed E-state index contributed by atoms with van der Waals surface area (Å²) in [6, 6.07) is 14.4. The number of carbonyl (C=O) groups excluding carboxylic acids is 1. The molecule has 3 aromatic rings. The van der Waals surface area contributed by atoms with Gasteiger partial charge in [-0.1, -0.05) is 67.4 Å². The molecule has 1 amide bonds. The van der Waals surface area contributed by atoms with E-state index in [9.17, 15) is 4.79 Å². The lowest BCUT2D eigenvalue weighted by molar-refractivity contribution is -0.118. The second kappa shape index (κ2) is 10.6. The second-order valence-corrected chi connectivity index (χ2v) is 9.16. The summed E-state index contributed by atoms with van der Waals surface area (Å²) in [5, 5.41) is 12.6. The molecular weight excluding hydrogens is 418 g/mol. The summed E-state index contributed by atoms with van der Waals surface area (Å²) in [6.45, 7) is 5.10. The number of benzene rings is 1. The van der Waals surface area contributed by atoms with Gasteiger partial charge >= 0.3 is 0 Å². The molecule has 4 rings (SSSR count). The van der Waals surface area contributed by atoms with Crippen molar-refractivity contribution in [1.29, 1.82) is 0 Å². The molecule has 6 nitrogen and oxygen atoms in total. The Morgan fingerprint density at radius 1 is 1.09 bits per heavy atom. The number of pyridine rings is 1. The molecule has 0 unspecified atom stereocenters. The van der Waals surface area contributed by atoms with Crippen molar-refractivity contribution >= 4 is 17.7 Å². The van der Waals surface area contributed by atoms with Crippen molar-refractivity contribution in [3.8, 4) is 11.4 Å². The molecule has 1 aliphatic rings. The zero-order valence-corrected chi connectivity index (χ0v) is 19.1. The highest BCUT2D eigenvalue weighted by atomic mass is 32.2. The van der Waals surface area contributed by atoms with Gasteiger partial charge in [-0.05, 0) is 30.5 Å². The Morgan fingerprint density at radius 2 is 1.84 bits per heavy atom. The number of aromatic nitrogens is 4. The predicted molar refractivity (Wildman–Crippen MR) is 128 cm³/mol. The van der Waals surface area contributed by atoms with Crippen LogP contribution < -0.4 is 5.32 Å². The number of hydrogen-bond donors (Lipinski definition) is 1. The van der Waals surface area contributed by atoms with Crippen LogP contribution in [0.4, 0.5) is 0 Å². The van der Waals surface area contributed by atoms with Gasteiger partial charge in [-0.3, -0.25) is 14.3 Å². The number of nitrogens with zero attached hydrogens (tertiary/aromatic N) is 4. The van der Waals surface area contributed by atoms with Gasteiger partial charge in [0.1, 0.15) is 0 Å². The Balaban J connectivity index is 1.41.